The van der Waals surface area contributed by atoms with E-state index in [1.807, 2.05) is 0 Å². The fourth-order valence-electron chi connectivity index (χ4n) is 4.56. The molecule has 2 aliphatic heterocycles. The molecular weight excluding hydrogens is 443 g/mol. The van der Waals surface area contributed by atoms with Gasteiger partial charge in [-0.25, -0.2) is 9.18 Å². The first-order valence-corrected chi connectivity index (χ1v) is 11.7. The van der Waals surface area contributed by atoms with Crippen molar-refractivity contribution >= 4 is 23.8 Å². The van der Waals surface area contributed by atoms with Crippen LogP contribution in [0.25, 0.3) is 0 Å². The van der Waals surface area contributed by atoms with Gasteiger partial charge in [0.25, 0.3) is 0 Å². The highest BCUT2D eigenvalue weighted by molar-refractivity contribution is 5.97. The molecule has 8 nitrogen and oxygen atoms in total. The Morgan fingerprint density at radius 2 is 1.71 bits per heavy atom. The van der Waals surface area contributed by atoms with Gasteiger partial charge in [0, 0.05) is 31.1 Å². The summed E-state index contributed by atoms with van der Waals surface area (Å²) in [5.74, 6) is -3.06. The zero-order valence-electron chi connectivity index (χ0n) is 19.8. The predicted octanol–water partition coefficient (Wildman–Crippen LogP) is 2.78. The van der Waals surface area contributed by atoms with Gasteiger partial charge in [0.1, 0.15) is 12.4 Å². The molecule has 0 saturated carbocycles. The van der Waals surface area contributed by atoms with Crippen LogP contribution in [0, 0.1) is 11.7 Å². The molecule has 1 atom stereocenters. The second-order valence-corrected chi connectivity index (χ2v) is 8.38. The quantitative estimate of drug-likeness (QED) is 0.565. The van der Waals surface area contributed by atoms with Gasteiger partial charge in [0.2, 0.25) is 11.8 Å². The second kappa shape index (κ2) is 11.3. The lowest BCUT2D eigenvalue weighted by atomic mass is 9.83. The first kappa shape index (κ1) is 25.4. The summed E-state index contributed by atoms with van der Waals surface area (Å²) < 4.78 is 24.8. The number of amides is 2. The van der Waals surface area contributed by atoms with Gasteiger partial charge in [-0.3, -0.25) is 14.4 Å². The largest absolute Gasteiger partial charge is 0.466 e. The van der Waals surface area contributed by atoms with Crippen LogP contribution >= 0.6 is 0 Å². The third-order valence-electron chi connectivity index (χ3n) is 6.36. The standard InChI is InChI=1S/C25H31FN2O6/c1-4-33-24(31)17-10-12-27(13-11-17)22(30)15-28-16(3)23(25(32)34-5-2)19(14-21(28)29)18-8-6-7-9-20(18)26/h6-9,17,19H,4-5,10-15H2,1-3H3. The second-order valence-electron chi connectivity index (χ2n) is 8.38. The number of benzene rings is 1. The fourth-order valence-corrected chi connectivity index (χ4v) is 4.56. The summed E-state index contributed by atoms with van der Waals surface area (Å²) in [6.07, 6.45) is 0.845. The van der Waals surface area contributed by atoms with E-state index >= 15 is 0 Å². The molecule has 184 valence electrons. The van der Waals surface area contributed by atoms with Crippen molar-refractivity contribution < 1.29 is 33.0 Å². The minimum atomic E-state index is -0.792. The summed E-state index contributed by atoms with van der Waals surface area (Å²) in [4.78, 5) is 53.7. The number of allylic oxidation sites excluding steroid dienone is 1. The zero-order valence-corrected chi connectivity index (χ0v) is 19.8. The zero-order chi connectivity index (χ0) is 24.8. The van der Waals surface area contributed by atoms with Crippen molar-refractivity contribution in [3.05, 3.63) is 46.9 Å². The van der Waals surface area contributed by atoms with E-state index in [4.69, 9.17) is 9.47 Å². The number of nitrogens with zero attached hydrogens (tertiary/aromatic N) is 2. The average molecular weight is 475 g/mol. The Morgan fingerprint density at radius 1 is 1.06 bits per heavy atom. The number of likely N-dealkylation sites (tertiary alicyclic amines) is 1. The third kappa shape index (κ3) is 5.46. The highest BCUT2D eigenvalue weighted by Crippen LogP contribution is 2.38. The van der Waals surface area contributed by atoms with E-state index < -0.39 is 17.7 Å². The molecule has 0 aliphatic carbocycles. The first-order chi connectivity index (χ1) is 16.3. The van der Waals surface area contributed by atoms with Crippen molar-refractivity contribution in [1.82, 2.24) is 9.80 Å². The van der Waals surface area contributed by atoms with E-state index in [0.29, 0.717) is 32.5 Å². The monoisotopic (exact) mass is 474 g/mol. The molecule has 0 N–H and O–H groups in total. The molecule has 0 aromatic heterocycles. The minimum Gasteiger partial charge on any atom is -0.466 e. The van der Waals surface area contributed by atoms with Gasteiger partial charge in [0.05, 0.1) is 24.7 Å². The maximum absolute atomic E-state index is 14.5. The van der Waals surface area contributed by atoms with E-state index in [1.54, 1.807) is 43.9 Å². The molecule has 9 heteroatoms. The Kier molecular flexibility index (Phi) is 8.41. The number of hydrogen-bond donors (Lipinski definition) is 0. The predicted molar refractivity (Wildman–Crippen MR) is 121 cm³/mol. The number of halogens is 1. The molecule has 34 heavy (non-hydrogen) atoms. The molecule has 2 heterocycles. The Hall–Kier alpha value is -3.23. The highest BCUT2D eigenvalue weighted by atomic mass is 19.1. The van der Waals surface area contributed by atoms with Crippen molar-refractivity contribution in [2.24, 2.45) is 5.92 Å². The normalized spacial score (nSPS) is 19.3. The van der Waals surface area contributed by atoms with Crippen molar-refractivity contribution in [1.29, 1.82) is 0 Å². The van der Waals surface area contributed by atoms with E-state index in [1.165, 1.54) is 11.0 Å². The van der Waals surface area contributed by atoms with Crippen molar-refractivity contribution in [3.63, 3.8) is 0 Å². The van der Waals surface area contributed by atoms with Crippen LogP contribution in [-0.2, 0) is 28.7 Å². The van der Waals surface area contributed by atoms with E-state index in [-0.39, 0.29) is 60.1 Å². The summed E-state index contributed by atoms with van der Waals surface area (Å²) >= 11 is 0. The maximum Gasteiger partial charge on any atom is 0.336 e. The summed E-state index contributed by atoms with van der Waals surface area (Å²) in [6, 6.07) is 6.03. The van der Waals surface area contributed by atoms with Gasteiger partial charge in [0.15, 0.2) is 0 Å². The summed E-state index contributed by atoms with van der Waals surface area (Å²) in [5, 5.41) is 0. The van der Waals surface area contributed by atoms with Crippen molar-refractivity contribution in [2.75, 3.05) is 32.8 Å². The molecule has 0 radical (unpaired) electrons. The maximum atomic E-state index is 14.5. The molecule has 3 rings (SSSR count). The van der Waals surface area contributed by atoms with Crippen LogP contribution in [-0.4, -0.2) is 66.4 Å². The lowest BCUT2D eigenvalue weighted by Gasteiger charge is -2.36. The van der Waals surface area contributed by atoms with E-state index in [2.05, 4.69) is 0 Å². The van der Waals surface area contributed by atoms with Gasteiger partial charge in [-0.2, -0.15) is 0 Å². The molecule has 2 amide bonds. The Labute approximate surface area is 198 Å². The van der Waals surface area contributed by atoms with Gasteiger partial charge in [-0.15, -0.1) is 0 Å². The van der Waals surface area contributed by atoms with Gasteiger partial charge < -0.3 is 19.3 Å². The molecule has 1 unspecified atom stereocenters. The van der Waals surface area contributed by atoms with Crippen LogP contribution < -0.4 is 0 Å². The van der Waals surface area contributed by atoms with Crippen LogP contribution in [0.2, 0.25) is 0 Å². The summed E-state index contributed by atoms with van der Waals surface area (Å²) in [7, 11) is 0. The van der Waals surface area contributed by atoms with Crippen LogP contribution in [0.4, 0.5) is 4.39 Å². The molecular formula is C25H31FN2O6. The molecule has 0 spiro atoms. The number of ether oxygens (including phenoxy) is 2. The SMILES string of the molecule is CCOC(=O)C1=C(C)N(CC(=O)N2CCC(C(=O)OCC)CC2)C(=O)CC1c1ccccc1F. The van der Waals surface area contributed by atoms with Crippen LogP contribution in [0.3, 0.4) is 0 Å². The number of esters is 2. The number of rotatable bonds is 7. The lowest BCUT2D eigenvalue weighted by Crippen LogP contribution is -2.48. The topological polar surface area (TPSA) is 93.2 Å². The molecule has 1 fully saturated rings. The van der Waals surface area contributed by atoms with Crippen molar-refractivity contribution in [3.8, 4) is 0 Å². The minimum absolute atomic E-state index is 0.127. The fraction of sp³-hybridized carbons (Fsp3) is 0.520. The van der Waals surface area contributed by atoms with Crippen LogP contribution in [0.1, 0.15) is 51.5 Å². The average Bonchev–Trinajstić information content (AvgIpc) is 2.82. The van der Waals surface area contributed by atoms with Gasteiger partial charge >= 0.3 is 11.9 Å². The van der Waals surface area contributed by atoms with Crippen LogP contribution in [0.5, 0.6) is 0 Å². The van der Waals surface area contributed by atoms with Gasteiger partial charge in [-0.1, -0.05) is 18.2 Å². The van der Waals surface area contributed by atoms with Crippen molar-refractivity contribution in [2.45, 2.75) is 46.0 Å². The number of carbonyl (C=O) groups is 4. The molecule has 1 saturated heterocycles. The number of carbonyl (C=O) groups excluding carboxylic acids is 4. The summed E-state index contributed by atoms with van der Waals surface area (Å²) in [5.41, 5.74) is 0.711. The molecule has 2 aliphatic rings. The smallest absolute Gasteiger partial charge is 0.336 e. The summed E-state index contributed by atoms with van der Waals surface area (Å²) in [6.45, 7) is 5.98. The Balaban J connectivity index is 1.80. The Bertz CT molecular complexity index is 983. The van der Waals surface area contributed by atoms with E-state index in [0.717, 1.165) is 0 Å². The van der Waals surface area contributed by atoms with E-state index in [9.17, 15) is 23.6 Å². The number of piperidine rings is 1. The molecule has 1 aromatic rings. The third-order valence-corrected chi connectivity index (χ3v) is 6.36. The van der Waals surface area contributed by atoms with Crippen LogP contribution in [0.15, 0.2) is 35.5 Å². The number of hydrogen-bond acceptors (Lipinski definition) is 6. The Morgan fingerprint density at radius 3 is 2.32 bits per heavy atom. The highest BCUT2D eigenvalue weighted by Gasteiger charge is 2.39. The lowest BCUT2D eigenvalue weighted by molar-refractivity contribution is -0.151. The van der Waals surface area contributed by atoms with Gasteiger partial charge in [-0.05, 0) is 45.2 Å². The molecule has 1 aromatic carbocycles. The molecule has 0 bridgehead atoms. The first-order valence-electron chi connectivity index (χ1n) is 11.7.